The first-order valence-electron chi connectivity index (χ1n) is 17.3. The van der Waals surface area contributed by atoms with Gasteiger partial charge >= 0.3 is 11.9 Å². The van der Waals surface area contributed by atoms with Crippen molar-refractivity contribution < 1.29 is 52.6 Å². The molecular weight excluding hydrogens is 660 g/mol. The lowest BCUT2D eigenvalue weighted by atomic mass is 9.75. The number of aliphatic hydroxyl groups is 2. The van der Waals surface area contributed by atoms with Crippen LogP contribution in [0.25, 0.3) is 0 Å². The van der Waals surface area contributed by atoms with Crippen LogP contribution in [0.1, 0.15) is 67.7 Å². The number of esters is 2. The first kappa shape index (κ1) is 41.7. The average molecular weight is 719 g/mol. The van der Waals surface area contributed by atoms with E-state index in [4.69, 9.17) is 32.8 Å². The van der Waals surface area contributed by atoms with Crippen molar-refractivity contribution in [3.8, 4) is 0 Å². The Hall–Kier alpha value is -2.68. The normalized spacial score (nSPS) is 26.1. The Balaban J connectivity index is 2.02. The maximum absolute atomic E-state index is 12.6. The number of methoxy groups -OCH3 is 3. The minimum absolute atomic E-state index is 0.126. The molecule has 0 aliphatic carbocycles. The summed E-state index contributed by atoms with van der Waals surface area (Å²) in [5.41, 5.74) is -1.73. The molecule has 0 radical (unpaired) electrons. The summed E-state index contributed by atoms with van der Waals surface area (Å²) >= 11 is 0. The van der Waals surface area contributed by atoms with Gasteiger partial charge in [0.05, 0.1) is 24.7 Å². The molecule has 11 nitrogen and oxygen atoms in total. The van der Waals surface area contributed by atoms with Crippen LogP contribution < -0.4 is 10.4 Å². The van der Waals surface area contributed by atoms with Gasteiger partial charge in [0.2, 0.25) is 5.79 Å². The Labute approximate surface area is 298 Å². The largest absolute Gasteiger partial charge is 0.462 e. The van der Waals surface area contributed by atoms with Crippen LogP contribution in [-0.2, 0) is 42.4 Å². The lowest BCUT2D eigenvalue weighted by Crippen LogP contribution is -2.73. The Kier molecular flexibility index (Phi) is 14.8. The summed E-state index contributed by atoms with van der Waals surface area (Å²) < 4.78 is 41.9. The Morgan fingerprint density at radius 3 is 1.92 bits per heavy atom. The molecule has 50 heavy (non-hydrogen) atoms. The van der Waals surface area contributed by atoms with E-state index in [1.807, 2.05) is 36.4 Å². The number of rotatable bonds is 17. The van der Waals surface area contributed by atoms with Gasteiger partial charge < -0.3 is 43.1 Å². The van der Waals surface area contributed by atoms with E-state index in [-0.39, 0.29) is 24.5 Å². The number of hydrogen-bond acceptors (Lipinski definition) is 11. The molecule has 8 atom stereocenters. The van der Waals surface area contributed by atoms with Crippen LogP contribution in [0.5, 0.6) is 0 Å². The van der Waals surface area contributed by atoms with Gasteiger partial charge in [-0.1, -0.05) is 88.4 Å². The highest BCUT2D eigenvalue weighted by molar-refractivity contribution is 6.99. The van der Waals surface area contributed by atoms with Crippen molar-refractivity contribution >= 4 is 30.6 Å². The summed E-state index contributed by atoms with van der Waals surface area (Å²) in [4.78, 5) is 24.8. The van der Waals surface area contributed by atoms with Crippen molar-refractivity contribution in [2.24, 2.45) is 5.92 Å². The fourth-order valence-electron chi connectivity index (χ4n) is 7.21. The monoisotopic (exact) mass is 718 g/mol. The summed E-state index contributed by atoms with van der Waals surface area (Å²) in [5, 5.41) is 26.0. The molecule has 1 heterocycles. The number of ether oxygens (including phenoxy) is 6. The minimum atomic E-state index is -2.94. The molecule has 2 aromatic rings. The van der Waals surface area contributed by atoms with E-state index in [9.17, 15) is 19.8 Å². The van der Waals surface area contributed by atoms with Gasteiger partial charge in [-0.25, -0.2) is 0 Å². The molecule has 1 aliphatic heterocycles. The number of carbonyl (C=O) groups is 2. The summed E-state index contributed by atoms with van der Waals surface area (Å²) in [6, 6.07) is 20.5. The van der Waals surface area contributed by atoms with Crippen LogP contribution in [0, 0.1) is 5.92 Å². The van der Waals surface area contributed by atoms with Crippen molar-refractivity contribution in [2.45, 2.75) is 115 Å². The summed E-state index contributed by atoms with van der Waals surface area (Å²) in [6.45, 7) is 12.8. The molecule has 0 unspecified atom stereocenters. The first-order chi connectivity index (χ1) is 23.5. The van der Waals surface area contributed by atoms with Crippen LogP contribution in [0.15, 0.2) is 60.7 Å². The van der Waals surface area contributed by atoms with E-state index in [1.54, 1.807) is 21.1 Å². The highest BCUT2D eigenvalue weighted by Crippen LogP contribution is 2.45. The van der Waals surface area contributed by atoms with Crippen molar-refractivity contribution in [1.29, 1.82) is 0 Å². The highest BCUT2D eigenvalue weighted by atomic mass is 28.4. The van der Waals surface area contributed by atoms with Crippen LogP contribution in [0.3, 0.4) is 0 Å². The lowest BCUT2D eigenvalue weighted by Gasteiger charge is -2.55. The quantitative estimate of drug-likeness (QED) is 0.141. The molecule has 2 aromatic carbocycles. The average Bonchev–Trinajstić information content (AvgIpc) is 3.06. The van der Waals surface area contributed by atoms with Crippen molar-refractivity contribution in [1.82, 2.24) is 0 Å². The highest BCUT2D eigenvalue weighted by Gasteiger charge is 2.64. The van der Waals surface area contributed by atoms with Crippen molar-refractivity contribution in [3.63, 3.8) is 0 Å². The van der Waals surface area contributed by atoms with E-state index in [2.05, 4.69) is 45.0 Å². The fraction of sp³-hybridized carbons (Fsp3) is 0.632. The molecule has 0 bridgehead atoms. The van der Waals surface area contributed by atoms with E-state index >= 15 is 0 Å². The molecule has 2 N–H and O–H groups in total. The molecular formula is C38H58O11Si. The molecule has 1 saturated heterocycles. The topological polar surface area (TPSA) is 139 Å². The smallest absolute Gasteiger partial charge is 0.303 e. The van der Waals surface area contributed by atoms with Crippen LogP contribution >= 0.6 is 0 Å². The second-order valence-corrected chi connectivity index (χ2v) is 18.7. The minimum Gasteiger partial charge on any atom is -0.462 e. The lowest BCUT2D eigenvalue weighted by molar-refractivity contribution is -0.393. The number of carbonyl (C=O) groups excluding carboxylic acids is 2. The second-order valence-electron chi connectivity index (χ2n) is 14.4. The molecule has 12 heteroatoms. The van der Waals surface area contributed by atoms with E-state index in [0.717, 1.165) is 10.4 Å². The zero-order chi connectivity index (χ0) is 37.3. The molecule has 1 aliphatic rings. The third-order valence-corrected chi connectivity index (χ3v) is 14.9. The zero-order valence-corrected chi connectivity index (χ0v) is 32.3. The van der Waals surface area contributed by atoms with Crippen LogP contribution in [0.2, 0.25) is 5.04 Å². The molecule has 1 fully saturated rings. The van der Waals surface area contributed by atoms with Crippen LogP contribution in [-0.4, -0.2) is 107 Å². The fourth-order valence-corrected chi connectivity index (χ4v) is 11.8. The summed E-state index contributed by atoms with van der Waals surface area (Å²) in [7, 11) is 1.53. The molecule has 0 spiro atoms. The standard InChI is InChI=1S/C38H58O11Si/c1-26(38(42)35(45-10)34(48-28(3)40)37(7,41)33(49-38)22-17-23-43-8)32(47-27(2)39)24-29(44-9)25-46-50(36(4,5)6,30-18-13-11-14-19-30)31-20-15-12-16-21-31/h11-16,18-21,26,29,32-35,41-42H,17,22-25H2,1-10H3/t26-,29+,32+,33-,34-,35-,37-,38+/m1/s1. The van der Waals surface area contributed by atoms with E-state index in [1.165, 1.54) is 27.9 Å². The van der Waals surface area contributed by atoms with Gasteiger partial charge in [0, 0.05) is 48.2 Å². The molecule has 280 valence electrons. The zero-order valence-electron chi connectivity index (χ0n) is 31.3. The maximum atomic E-state index is 12.6. The predicted molar refractivity (Wildman–Crippen MR) is 192 cm³/mol. The van der Waals surface area contributed by atoms with Gasteiger partial charge in [-0.2, -0.15) is 0 Å². The van der Waals surface area contributed by atoms with E-state index < -0.39 is 68.1 Å². The van der Waals surface area contributed by atoms with Gasteiger partial charge in [-0.05, 0) is 35.2 Å². The van der Waals surface area contributed by atoms with Gasteiger partial charge in [0.15, 0.2) is 12.2 Å². The first-order valence-corrected chi connectivity index (χ1v) is 19.2. The van der Waals surface area contributed by atoms with Gasteiger partial charge in [-0.3, -0.25) is 9.59 Å². The second kappa shape index (κ2) is 17.7. The van der Waals surface area contributed by atoms with Crippen molar-refractivity contribution in [3.05, 3.63) is 60.7 Å². The summed E-state index contributed by atoms with van der Waals surface area (Å²) in [5.74, 6) is -4.37. The molecule has 0 saturated carbocycles. The Bertz CT molecular complexity index is 1310. The SMILES string of the molecule is COCCC[C@H]1O[C@@](O)([C@H](C)[C@H](C[C@@H](CO[Si](c2ccccc2)(c2ccccc2)C(C)(C)C)OC)OC(C)=O)[C@H](OC)[C@@H](OC(C)=O)[C@]1(C)O. The predicted octanol–water partition coefficient (Wildman–Crippen LogP) is 3.75. The molecule has 3 rings (SSSR count). The Morgan fingerprint density at radius 1 is 0.920 bits per heavy atom. The van der Waals surface area contributed by atoms with Crippen LogP contribution in [0.4, 0.5) is 0 Å². The number of benzene rings is 2. The Morgan fingerprint density at radius 2 is 1.48 bits per heavy atom. The molecule has 0 amide bonds. The summed E-state index contributed by atoms with van der Waals surface area (Å²) in [6.07, 6.45) is -4.31. The van der Waals surface area contributed by atoms with E-state index in [0.29, 0.717) is 13.0 Å². The third kappa shape index (κ3) is 9.21. The number of hydrogen-bond donors (Lipinski definition) is 2. The van der Waals surface area contributed by atoms with Gasteiger partial charge in [0.25, 0.3) is 8.32 Å². The van der Waals surface area contributed by atoms with Crippen molar-refractivity contribution in [2.75, 3.05) is 34.5 Å². The van der Waals surface area contributed by atoms with Gasteiger partial charge in [-0.15, -0.1) is 0 Å². The molecule has 0 aromatic heterocycles. The van der Waals surface area contributed by atoms with Gasteiger partial charge in [0.1, 0.15) is 11.7 Å². The maximum Gasteiger partial charge on any atom is 0.303 e. The third-order valence-electron chi connectivity index (χ3n) is 9.86.